The molecule has 1 amide bonds. The zero-order valence-electron chi connectivity index (χ0n) is 14.1. The average Bonchev–Trinajstić information content (AvgIpc) is 2.69. The quantitative estimate of drug-likeness (QED) is 0.566. The largest absolute Gasteiger partial charge is 0.324 e. The summed E-state index contributed by atoms with van der Waals surface area (Å²) in [6.07, 6.45) is 1.83. The maximum atomic E-state index is 13.2. The molecule has 25 heavy (non-hydrogen) atoms. The van der Waals surface area contributed by atoms with Crippen LogP contribution in [0, 0.1) is 0 Å². The third-order valence-electron chi connectivity index (χ3n) is 4.18. The lowest BCUT2D eigenvalue weighted by Gasteiger charge is -2.30. The fourth-order valence-corrected chi connectivity index (χ4v) is 2.92. The summed E-state index contributed by atoms with van der Waals surface area (Å²) in [6, 6.07) is 29.3. The first-order valence-electron chi connectivity index (χ1n) is 8.37. The van der Waals surface area contributed by atoms with Crippen molar-refractivity contribution in [2.75, 3.05) is 0 Å². The molecule has 3 rings (SSSR count). The molecular formula is C23H21NO. The van der Waals surface area contributed by atoms with Gasteiger partial charge in [-0.05, 0) is 23.3 Å². The summed E-state index contributed by atoms with van der Waals surface area (Å²) in [4.78, 5) is 15.1. The van der Waals surface area contributed by atoms with Crippen molar-refractivity contribution in [1.82, 2.24) is 4.90 Å². The first-order valence-corrected chi connectivity index (χ1v) is 8.37. The van der Waals surface area contributed by atoms with Crippen LogP contribution in [0.5, 0.6) is 0 Å². The Bertz CT molecular complexity index is 812. The van der Waals surface area contributed by atoms with Crippen LogP contribution in [-0.2, 0) is 6.54 Å². The van der Waals surface area contributed by atoms with E-state index in [4.69, 9.17) is 0 Å². The van der Waals surface area contributed by atoms with Gasteiger partial charge in [-0.15, -0.1) is 6.58 Å². The first-order chi connectivity index (χ1) is 12.3. The van der Waals surface area contributed by atoms with E-state index in [2.05, 4.69) is 6.58 Å². The second-order valence-corrected chi connectivity index (χ2v) is 5.88. The summed E-state index contributed by atoms with van der Waals surface area (Å²) in [5, 5.41) is 0. The van der Waals surface area contributed by atoms with E-state index in [-0.39, 0.29) is 11.9 Å². The molecule has 0 unspecified atom stereocenters. The molecule has 124 valence electrons. The number of nitrogens with zero attached hydrogens (tertiary/aromatic N) is 1. The molecule has 0 aromatic heterocycles. The Hall–Kier alpha value is -3.13. The van der Waals surface area contributed by atoms with Gasteiger partial charge in [-0.3, -0.25) is 4.79 Å². The van der Waals surface area contributed by atoms with Gasteiger partial charge in [-0.1, -0.05) is 84.9 Å². The van der Waals surface area contributed by atoms with Gasteiger partial charge in [0.2, 0.25) is 0 Å². The van der Waals surface area contributed by atoms with Gasteiger partial charge >= 0.3 is 0 Å². The lowest BCUT2D eigenvalue weighted by molar-refractivity contribution is 0.0696. The third-order valence-corrected chi connectivity index (χ3v) is 4.18. The molecule has 1 atom stereocenters. The Morgan fingerprint density at radius 2 is 1.36 bits per heavy atom. The number of benzene rings is 3. The third kappa shape index (κ3) is 4.04. The van der Waals surface area contributed by atoms with Crippen molar-refractivity contribution in [3.05, 3.63) is 120 Å². The molecule has 0 aliphatic carbocycles. The van der Waals surface area contributed by atoms with Crippen molar-refractivity contribution in [2.24, 2.45) is 0 Å². The molecule has 2 nitrogen and oxygen atoms in total. The SMILES string of the molecule is C=C[C@@H](c1ccccc1)N(Cc1ccccc1)C(=O)c1ccccc1. The highest BCUT2D eigenvalue weighted by molar-refractivity contribution is 5.94. The maximum Gasteiger partial charge on any atom is 0.254 e. The summed E-state index contributed by atoms with van der Waals surface area (Å²) in [7, 11) is 0. The van der Waals surface area contributed by atoms with Crippen molar-refractivity contribution in [3.8, 4) is 0 Å². The zero-order chi connectivity index (χ0) is 17.5. The fraction of sp³-hybridized carbons (Fsp3) is 0.0870. The van der Waals surface area contributed by atoms with Crippen LogP contribution in [0.15, 0.2) is 104 Å². The molecule has 0 bridgehead atoms. The highest BCUT2D eigenvalue weighted by atomic mass is 16.2. The molecule has 2 heteroatoms. The van der Waals surface area contributed by atoms with Gasteiger partial charge in [0.1, 0.15) is 0 Å². The van der Waals surface area contributed by atoms with Crippen molar-refractivity contribution in [1.29, 1.82) is 0 Å². The highest BCUT2D eigenvalue weighted by Gasteiger charge is 2.24. The number of carbonyl (C=O) groups excluding carboxylic acids is 1. The summed E-state index contributed by atoms with van der Waals surface area (Å²) < 4.78 is 0. The van der Waals surface area contributed by atoms with Crippen molar-refractivity contribution < 1.29 is 4.79 Å². The molecule has 0 spiro atoms. The van der Waals surface area contributed by atoms with Crippen LogP contribution in [0.25, 0.3) is 0 Å². The highest BCUT2D eigenvalue weighted by Crippen LogP contribution is 2.26. The second-order valence-electron chi connectivity index (χ2n) is 5.88. The van der Waals surface area contributed by atoms with Crippen LogP contribution in [0.4, 0.5) is 0 Å². The minimum Gasteiger partial charge on any atom is -0.324 e. The van der Waals surface area contributed by atoms with E-state index in [0.29, 0.717) is 12.1 Å². The van der Waals surface area contributed by atoms with Crippen LogP contribution < -0.4 is 0 Å². The van der Waals surface area contributed by atoms with Gasteiger partial charge in [0.25, 0.3) is 5.91 Å². The smallest absolute Gasteiger partial charge is 0.254 e. The van der Waals surface area contributed by atoms with Crippen LogP contribution in [0.1, 0.15) is 27.5 Å². The molecule has 0 aliphatic rings. The Morgan fingerprint density at radius 3 is 1.92 bits per heavy atom. The van der Waals surface area contributed by atoms with Crippen LogP contribution in [0.2, 0.25) is 0 Å². The molecule has 0 aliphatic heterocycles. The van der Waals surface area contributed by atoms with Gasteiger partial charge < -0.3 is 4.90 Å². The standard InChI is InChI=1S/C23H21NO/c1-2-22(20-14-8-4-9-15-20)24(18-19-12-6-3-7-13-19)23(25)21-16-10-5-11-17-21/h2-17,22H,1,18H2/t22-/m0/s1. The lowest BCUT2D eigenvalue weighted by atomic mass is 10.0. The molecule has 0 saturated carbocycles. The van der Waals surface area contributed by atoms with E-state index >= 15 is 0 Å². The lowest BCUT2D eigenvalue weighted by Crippen LogP contribution is -2.33. The van der Waals surface area contributed by atoms with E-state index in [1.165, 1.54) is 0 Å². The Morgan fingerprint density at radius 1 is 0.840 bits per heavy atom. The number of carbonyl (C=O) groups is 1. The zero-order valence-corrected chi connectivity index (χ0v) is 14.1. The predicted molar refractivity (Wildman–Crippen MR) is 102 cm³/mol. The molecular weight excluding hydrogens is 306 g/mol. The van der Waals surface area contributed by atoms with Gasteiger partial charge in [0.05, 0.1) is 6.04 Å². The number of hydrogen-bond acceptors (Lipinski definition) is 1. The van der Waals surface area contributed by atoms with Crippen LogP contribution in [-0.4, -0.2) is 10.8 Å². The van der Waals surface area contributed by atoms with E-state index in [0.717, 1.165) is 11.1 Å². The average molecular weight is 327 g/mol. The van der Waals surface area contributed by atoms with E-state index < -0.39 is 0 Å². The number of amides is 1. The second kappa shape index (κ2) is 8.11. The number of rotatable bonds is 6. The summed E-state index contributed by atoms with van der Waals surface area (Å²) in [5.74, 6) is -0.00166. The van der Waals surface area contributed by atoms with Gasteiger partial charge in [-0.25, -0.2) is 0 Å². The molecule has 0 radical (unpaired) electrons. The van der Waals surface area contributed by atoms with E-state index in [1.54, 1.807) is 0 Å². The minimum absolute atomic E-state index is 0.00166. The molecule has 0 heterocycles. The molecule has 0 saturated heterocycles. The molecule has 0 fully saturated rings. The monoisotopic (exact) mass is 327 g/mol. The molecule has 3 aromatic rings. The Kier molecular flexibility index (Phi) is 5.43. The number of hydrogen-bond donors (Lipinski definition) is 0. The molecule has 0 N–H and O–H groups in total. The fourth-order valence-electron chi connectivity index (χ4n) is 2.92. The summed E-state index contributed by atoms with van der Waals surface area (Å²) in [5.41, 5.74) is 2.83. The summed E-state index contributed by atoms with van der Waals surface area (Å²) >= 11 is 0. The van der Waals surface area contributed by atoms with Crippen molar-refractivity contribution in [3.63, 3.8) is 0 Å². The van der Waals surface area contributed by atoms with Crippen LogP contribution >= 0.6 is 0 Å². The Labute approximate surface area is 149 Å². The van der Waals surface area contributed by atoms with Crippen molar-refractivity contribution in [2.45, 2.75) is 12.6 Å². The summed E-state index contributed by atoms with van der Waals surface area (Å²) in [6.45, 7) is 4.51. The maximum absolute atomic E-state index is 13.2. The van der Waals surface area contributed by atoms with Gasteiger partial charge in [-0.2, -0.15) is 0 Å². The van der Waals surface area contributed by atoms with E-state index in [1.807, 2.05) is 102 Å². The first kappa shape index (κ1) is 16.7. The van der Waals surface area contributed by atoms with E-state index in [9.17, 15) is 4.79 Å². The topological polar surface area (TPSA) is 20.3 Å². The minimum atomic E-state index is -0.186. The Balaban J connectivity index is 1.98. The van der Waals surface area contributed by atoms with Crippen LogP contribution in [0.3, 0.4) is 0 Å². The molecule has 3 aromatic carbocycles. The van der Waals surface area contributed by atoms with Gasteiger partial charge in [0.15, 0.2) is 0 Å². The van der Waals surface area contributed by atoms with Gasteiger partial charge in [0, 0.05) is 12.1 Å². The normalized spacial score (nSPS) is 11.5. The predicted octanol–water partition coefficient (Wildman–Crippen LogP) is 5.26. The van der Waals surface area contributed by atoms with Crippen molar-refractivity contribution >= 4 is 5.91 Å².